The van der Waals surface area contributed by atoms with Crippen LogP contribution in [0, 0.1) is 17.0 Å². The maximum Gasteiger partial charge on any atom is 0.313 e. The van der Waals surface area contributed by atoms with Crippen LogP contribution in [0.25, 0.3) is 0 Å². The Morgan fingerprint density at radius 2 is 2.20 bits per heavy atom. The summed E-state index contributed by atoms with van der Waals surface area (Å²) in [6.45, 7) is 1.61. The van der Waals surface area contributed by atoms with Crippen LogP contribution in [-0.4, -0.2) is 15.0 Å². The van der Waals surface area contributed by atoms with E-state index in [1.165, 1.54) is 24.4 Å². The molecule has 0 aliphatic rings. The van der Waals surface area contributed by atoms with Crippen molar-refractivity contribution in [1.82, 2.24) is 4.98 Å². The number of ether oxygens (including phenoxy) is 1. The average molecular weight is 295 g/mol. The number of nitrogens with zero attached hydrogens (tertiary/aromatic N) is 2. The number of aliphatic hydroxyl groups excluding tert-OH is 1. The van der Waals surface area contributed by atoms with Gasteiger partial charge in [-0.05, 0) is 30.7 Å². The first-order valence-corrected chi connectivity index (χ1v) is 6.07. The average Bonchev–Trinajstić information content (AvgIpc) is 2.42. The molecule has 1 aromatic heterocycles. The number of benzene rings is 1. The molecule has 0 saturated carbocycles. The van der Waals surface area contributed by atoms with Crippen LogP contribution in [0.5, 0.6) is 11.6 Å². The van der Waals surface area contributed by atoms with Gasteiger partial charge in [0.25, 0.3) is 0 Å². The number of nitro groups is 1. The van der Waals surface area contributed by atoms with Gasteiger partial charge in [-0.15, -0.1) is 0 Å². The molecule has 0 unspecified atom stereocenters. The van der Waals surface area contributed by atoms with Crippen LogP contribution >= 0.6 is 11.6 Å². The first kappa shape index (κ1) is 14.2. The smallest absolute Gasteiger partial charge is 0.313 e. The summed E-state index contributed by atoms with van der Waals surface area (Å²) in [6, 6.07) is 5.83. The quantitative estimate of drug-likeness (QED) is 0.691. The van der Waals surface area contributed by atoms with Crippen LogP contribution < -0.4 is 4.74 Å². The lowest BCUT2D eigenvalue weighted by Gasteiger charge is -2.09. The van der Waals surface area contributed by atoms with E-state index in [9.17, 15) is 10.1 Å². The maximum absolute atomic E-state index is 11.0. The molecule has 104 valence electrons. The molecule has 0 aliphatic carbocycles. The maximum atomic E-state index is 11.0. The standard InChI is InChI=1S/C13H11ClN2O4/c1-8-4-9(7-17)6-15-13(8)20-12-3-2-10(14)5-11(12)16(18)19/h2-6,17H,7H2,1H3. The molecule has 0 bridgehead atoms. The zero-order chi connectivity index (χ0) is 14.7. The molecule has 0 fully saturated rings. The van der Waals surface area contributed by atoms with E-state index in [1.54, 1.807) is 13.0 Å². The number of halogens is 1. The Balaban J connectivity index is 2.37. The number of hydrogen-bond donors (Lipinski definition) is 1. The Labute approximate surface area is 119 Å². The number of rotatable bonds is 4. The molecule has 0 radical (unpaired) electrons. The molecule has 0 atom stereocenters. The van der Waals surface area contributed by atoms with Crippen LogP contribution in [0.15, 0.2) is 30.5 Å². The minimum atomic E-state index is -0.571. The van der Waals surface area contributed by atoms with E-state index in [1.807, 2.05) is 0 Å². The lowest BCUT2D eigenvalue weighted by Crippen LogP contribution is -1.97. The molecule has 2 rings (SSSR count). The van der Waals surface area contributed by atoms with Gasteiger partial charge in [0.1, 0.15) is 0 Å². The van der Waals surface area contributed by atoms with E-state index < -0.39 is 4.92 Å². The summed E-state index contributed by atoms with van der Waals surface area (Å²) in [4.78, 5) is 14.4. The first-order valence-electron chi connectivity index (χ1n) is 5.69. The second-order valence-corrected chi connectivity index (χ2v) is 4.53. The van der Waals surface area contributed by atoms with Crippen molar-refractivity contribution in [2.45, 2.75) is 13.5 Å². The van der Waals surface area contributed by atoms with Gasteiger partial charge in [-0.1, -0.05) is 11.6 Å². The topological polar surface area (TPSA) is 85.5 Å². The third kappa shape index (κ3) is 3.04. The molecule has 7 heteroatoms. The van der Waals surface area contributed by atoms with Gasteiger partial charge in [0.15, 0.2) is 0 Å². The van der Waals surface area contributed by atoms with Crippen molar-refractivity contribution in [1.29, 1.82) is 0 Å². The number of hydrogen-bond acceptors (Lipinski definition) is 5. The number of aryl methyl sites for hydroxylation is 1. The Morgan fingerprint density at radius 3 is 2.80 bits per heavy atom. The minimum absolute atomic E-state index is 0.0618. The van der Waals surface area contributed by atoms with Crippen LogP contribution in [0.1, 0.15) is 11.1 Å². The molecule has 0 spiro atoms. The van der Waals surface area contributed by atoms with E-state index in [0.29, 0.717) is 11.1 Å². The predicted molar refractivity (Wildman–Crippen MR) is 73.1 cm³/mol. The Kier molecular flexibility index (Phi) is 4.16. The van der Waals surface area contributed by atoms with Crippen molar-refractivity contribution in [3.8, 4) is 11.6 Å². The largest absolute Gasteiger partial charge is 0.432 e. The molecule has 0 amide bonds. The van der Waals surface area contributed by atoms with Crippen LogP contribution in [0.4, 0.5) is 5.69 Å². The highest BCUT2D eigenvalue weighted by Crippen LogP contribution is 2.33. The van der Waals surface area contributed by atoms with Crippen LogP contribution in [0.2, 0.25) is 5.02 Å². The van der Waals surface area contributed by atoms with Crippen molar-refractivity contribution < 1.29 is 14.8 Å². The van der Waals surface area contributed by atoms with Gasteiger partial charge in [0.2, 0.25) is 11.6 Å². The van der Waals surface area contributed by atoms with E-state index in [2.05, 4.69) is 4.98 Å². The van der Waals surface area contributed by atoms with E-state index in [0.717, 1.165) is 0 Å². The predicted octanol–water partition coefficient (Wildman–Crippen LogP) is 3.24. The number of aliphatic hydroxyl groups is 1. The fourth-order valence-electron chi connectivity index (χ4n) is 1.64. The van der Waals surface area contributed by atoms with Crippen molar-refractivity contribution in [3.63, 3.8) is 0 Å². The lowest BCUT2D eigenvalue weighted by molar-refractivity contribution is -0.385. The summed E-state index contributed by atoms with van der Waals surface area (Å²) < 4.78 is 5.46. The second kappa shape index (κ2) is 5.85. The number of pyridine rings is 1. The Hall–Kier alpha value is -2.18. The van der Waals surface area contributed by atoms with E-state index >= 15 is 0 Å². The highest BCUT2D eigenvalue weighted by molar-refractivity contribution is 6.30. The molecule has 6 nitrogen and oxygen atoms in total. The molecule has 2 aromatic rings. The fourth-order valence-corrected chi connectivity index (χ4v) is 1.80. The molecule has 20 heavy (non-hydrogen) atoms. The monoisotopic (exact) mass is 294 g/mol. The van der Waals surface area contributed by atoms with Crippen LogP contribution in [0.3, 0.4) is 0 Å². The molecule has 1 N–H and O–H groups in total. The van der Waals surface area contributed by atoms with Gasteiger partial charge >= 0.3 is 5.69 Å². The van der Waals surface area contributed by atoms with Gasteiger partial charge < -0.3 is 9.84 Å². The highest BCUT2D eigenvalue weighted by atomic mass is 35.5. The van der Waals surface area contributed by atoms with Gasteiger partial charge in [-0.3, -0.25) is 10.1 Å². The lowest BCUT2D eigenvalue weighted by atomic mass is 10.2. The molecular weight excluding hydrogens is 284 g/mol. The van der Waals surface area contributed by atoms with Crippen LogP contribution in [-0.2, 0) is 6.61 Å². The normalized spacial score (nSPS) is 10.3. The molecular formula is C13H11ClN2O4. The van der Waals surface area contributed by atoms with Gasteiger partial charge in [0.05, 0.1) is 11.5 Å². The Bertz CT molecular complexity index is 661. The first-order chi connectivity index (χ1) is 9.51. The van der Waals surface area contributed by atoms with Gasteiger partial charge in [-0.25, -0.2) is 4.98 Å². The number of nitro benzene ring substituents is 1. The van der Waals surface area contributed by atoms with Crippen molar-refractivity contribution >= 4 is 17.3 Å². The fraction of sp³-hybridized carbons (Fsp3) is 0.154. The third-order valence-electron chi connectivity index (χ3n) is 2.59. The van der Waals surface area contributed by atoms with E-state index in [-0.39, 0.29) is 28.9 Å². The van der Waals surface area contributed by atoms with Crippen molar-refractivity contribution in [2.24, 2.45) is 0 Å². The minimum Gasteiger partial charge on any atom is -0.432 e. The zero-order valence-electron chi connectivity index (χ0n) is 10.5. The number of aromatic nitrogens is 1. The SMILES string of the molecule is Cc1cc(CO)cnc1Oc1ccc(Cl)cc1[N+](=O)[O-]. The Morgan fingerprint density at radius 1 is 1.45 bits per heavy atom. The summed E-state index contributed by atoms with van der Waals surface area (Å²) >= 11 is 5.73. The van der Waals surface area contributed by atoms with Gasteiger partial charge in [0, 0.05) is 22.8 Å². The molecule has 0 aliphatic heterocycles. The molecule has 1 heterocycles. The van der Waals surface area contributed by atoms with Crippen molar-refractivity contribution in [3.05, 3.63) is 56.7 Å². The molecule has 1 aromatic carbocycles. The third-order valence-corrected chi connectivity index (χ3v) is 2.83. The summed E-state index contributed by atoms with van der Waals surface area (Å²) in [7, 11) is 0. The van der Waals surface area contributed by atoms with Crippen molar-refractivity contribution in [2.75, 3.05) is 0 Å². The summed E-state index contributed by atoms with van der Waals surface area (Å²) in [5, 5.41) is 20.2. The summed E-state index contributed by atoms with van der Waals surface area (Å²) in [6.07, 6.45) is 1.45. The highest BCUT2D eigenvalue weighted by Gasteiger charge is 2.17. The summed E-state index contributed by atoms with van der Waals surface area (Å²) in [5.74, 6) is 0.305. The second-order valence-electron chi connectivity index (χ2n) is 4.09. The zero-order valence-corrected chi connectivity index (χ0v) is 11.3. The van der Waals surface area contributed by atoms with Gasteiger partial charge in [-0.2, -0.15) is 0 Å². The summed E-state index contributed by atoms with van der Waals surface area (Å²) in [5.41, 5.74) is 1.08. The molecule has 0 saturated heterocycles. The van der Waals surface area contributed by atoms with E-state index in [4.69, 9.17) is 21.4 Å².